The monoisotopic (exact) mass is 436 g/mol. The minimum absolute atomic E-state index is 0.273. The number of imidazole rings is 1. The molecule has 0 amide bonds. The van der Waals surface area contributed by atoms with E-state index in [1.54, 1.807) is 26.1 Å². The van der Waals surface area contributed by atoms with Gasteiger partial charge in [0.15, 0.2) is 16.3 Å². The molecule has 2 heterocycles. The lowest BCUT2D eigenvalue weighted by Gasteiger charge is -2.21. The van der Waals surface area contributed by atoms with Gasteiger partial charge in [0.2, 0.25) is 0 Å². The number of halogens is 1. The van der Waals surface area contributed by atoms with E-state index in [0.717, 1.165) is 17.7 Å². The smallest absolute Gasteiger partial charge is 0.332 e. The molecule has 2 aromatic heterocycles. The quantitative estimate of drug-likeness (QED) is 0.529. The molecule has 0 spiro atoms. The molecule has 0 radical (unpaired) electrons. The van der Waals surface area contributed by atoms with Crippen molar-refractivity contribution < 1.29 is 5.11 Å². The lowest BCUT2D eigenvalue weighted by Crippen LogP contribution is -2.43. The van der Waals surface area contributed by atoms with Crippen LogP contribution in [0.15, 0.2) is 39.0 Å². The van der Waals surface area contributed by atoms with Gasteiger partial charge < -0.3 is 10.1 Å². The summed E-state index contributed by atoms with van der Waals surface area (Å²) in [6.45, 7) is 3.72. The Kier molecular flexibility index (Phi) is 6.87. The Morgan fingerprint density at radius 3 is 2.59 bits per heavy atom. The van der Waals surface area contributed by atoms with Crippen molar-refractivity contribution in [1.82, 2.24) is 19.1 Å². The number of aromatic amines is 1. The highest BCUT2D eigenvalue weighted by Gasteiger charge is 2.23. The van der Waals surface area contributed by atoms with Gasteiger partial charge in [-0.05, 0) is 43.9 Å². The summed E-state index contributed by atoms with van der Waals surface area (Å²) < 4.78 is 2.62. The molecule has 0 aliphatic rings. The van der Waals surface area contributed by atoms with Gasteiger partial charge in [-0.1, -0.05) is 42.4 Å². The Labute approximate surface area is 177 Å². The van der Waals surface area contributed by atoms with Crippen molar-refractivity contribution in [1.29, 1.82) is 0 Å². The van der Waals surface area contributed by atoms with Crippen LogP contribution in [0.1, 0.15) is 38.3 Å². The standard InChI is InChI=1S/C20H25ClN4O3S/c1-4-9-29-19-22-16-17(23-19)24(3)20(28)25(18(16)27)15(10-12(2)26)11-13-5-7-14(21)8-6-13/h5-8,12,15,26H,4,9-11H2,1-3H3,(H,22,23). The van der Waals surface area contributed by atoms with Crippen LogP contribution in [0.5, 0.6) is 0 Å². The highest BCUT2D eigenvalue weighted by molar-refractivity contribution is 7.99. The number of hydrogen-bond donors (Lipinski definition) is 2. The molecular weight excluding hydrogens is 412 g/mol. The summed E-state index contributed by atoms with van der Waals surface area (Å²) in [6, 6.07) is 6.77. The van der Waals surface area contributed by atoms with E-state index in [9.17, 15) is 14.7 Å². The predicted octanol–water partition coefficient (Wildman–Crippen LogP) is 3.13. The van der Waals surface area contributed by atoms with Crippen LogP contribution < -0.4 is 11.2 Å². The number of fused-ring (bicyclic) bond motifs is 1. The zero-order valence-corrected chi connectivity index (χ0v) is 18.3. The Morgan fingerprint density at radius 2 is 1.97 bits per heavy atom. The van der Waals surface area contributed by atoms with Crippen molar-refractivity contribution in [3.05, 3.63) is 55.7 Å². The second-order valence-electron chi connectivity index (χ2n) is 7.17. The fourth-order valence-corrected chi connectivity index (χ4v) is 4.20. The summed E-state index contributed by atoms with van der Waals surface area (Å²) in [4.78, 5) is 33.8. The van der Waals surface area contributed by atoms with Crippen molar-refractivity contribution in [3.63, 3.8) is 0 Å². The molecule has 2 N–H and O–H groups in total. The molecule has 29 heavy (non-hydrogen) atoms. The topological polar surface area (TPSA) is 92.9 Å². The highest BCUT2D eigenvalue weighted by Crippen LogP contribution is 2.21. The van der Waals surface area contributed by atoms with E-state index in [1.165, 1.54) is 20.9 Å². The van der Waals surface area contributed by atoms with Gasteiger partial charge in [-0.3, -0.25) is 13.9 Å². The largest absolute Gasteiger partial charge is 0.393 e. The number of aryl methyl sites for hydroxylation is 1. The van der Waals surface area contributed by atoms with Crippen LogP contribution in [-0.2, 0) is 13.5 Å². The molecule has 9 heteroatoms. The number of thioether (sulfide) groups is 1. The third-order valence-corrected chi connectivity index (χ3v) is 6.04. The summed E-state index contributed by atoms with van der Waals surface area (Å²) in [7, 11) is 1.61. The molecule has 0 saturated carbocycles. The van der Waals surface area contributed by atoms with Crippen molar-refractivity contribution in [2.24, 2.45) is 7.05 Å². The van der Waals surface area contributed by atoms with Crippen molar-refractivity contribution in [3.8, 4) is 0 Å². The van der Waals surface area contributed by atoms with Crippen LogP contribution in [0.25, 0.3) is 11.2 Å². The average Bonchev–Trinajstić information content (AvgIpc) is 3.11. The Hall–Kier alpha value is -2.03. The molecule has 0 saturated heterocycles. The van der Waals surface area contributed by atoms with E-state index in [-0.39, 0.29) is 6.42 Å². The molecule has 156 valence electrons. The third kappa shape index (κ3) is 4.76. The number of hydrogen-bond acceptors (Lipinski definition) is 5. The van der Waals surface area contributed by atoms with Crippen LogP contribution in [0.3, 0.4) is 0 Å². The number of aliphatic hydroxyl groups is 1. The average molecular weight is 437 g/mol. The predicted molar refractivity (Wildman–Crippen MR) is 117 cm³/mol. The number of H-pyrrole nitrogens is 1. The maximum Gasteiger partial charge on any atom is 0.332 e. The molecule has 0 fully saturated rings. The molecule has 3 aromatic rings. The Bertz CT molecular complexity index is 1100. The van der Waals surface area contributed by atoms with Crippen molar-refractivity contribution in [2.75, 3.05) is 5.75 Å². The second-order valence-corrected chi connectivity index (χ2v) is 8.69. The maximum absolute atomic E-state index is 13.2. The maximum atomic E-state index is 13.2. The summed E-state index contributed by atoms with van der Waals surface area (Å²) in [5.74, 6) is 0.864. The third-order valence-electron chi connectivity index (χ3n) is 4.71. The van der Waals surface area contributed by atoms with Crippen LogP contribution >= 0.6 is 23.4 Å². The van der Waals surface area contributed by atoms with Crippen LogP contribution in [0.2, 0.25) is 5.02 Å². The van der Waals surface area contributed by atoms with E-state index in [2.05, 4.69) is 16.9 Å². The summed E-state index contributed by atoms with van der Waals surface area (Å²) in [6.07, 6.45) is 1.00. The molecule has 2 unspecified atom stereocenters. The Balaban J connectivity index is 2.11. The molecule has 1 aromatic carbocycles. The molecule has 0 aliphatic heterocycles. The van der Waals surface area contributed by atoms with E-state index in [0.29, 0.717) is 27.8 Å². The number of benzene rings is 1. The molecule has 0 aliphatic carbocycles. The zero-order valence-electron chi connectivity index (χ0n) is 16.7. The molecule has 0 bridgehead atoms. The number of nitrogens with zero attached hydrogens (tertiary/aromatic N) is 3. The van der Waals surface area contributed by atoms with E-state index >= 15 is 0 Å². The molecule has 7 nitrogen and oxygen atoms in total. The van der Waals surface area contributed by atoms with Crippen LogP contribution in [-0.4, -0.2) is 36.1 Å². The lowest BCUT2D eigenvalue weighted by atomic mass is 10.0. The summed E-state index contributed by atoms with van der Waals surface area (Å²) in [5, 5.41) is 11.2. The fraction of sp³-hybridized carbons (Fsp3) is 0.450. The number of nitrogens with one attached hydrogen (secondary N) is 1. The first kappa shape index (κ1) is 21.7. The van der Waals surface area contributed by atoms with Gasteiger partial charge in [-0.2, -0.15) is 0 Å². The van der Waals surface area contributed by atoms with Gasteiger partial charge in [0, 0.05) is 23.9 Å². The SMILES string of the molecule is CCCSc1nc2c([nH]1)c(=O)n(C(Cc1ccc(Cl)cc1)CC(C)O)c(=O)n2C. The minimum Gasteiger partial charge on any atom is -0.393 e. The minimum atomic E-state index is -0.669. The first-order valence-electron chi connectivity index (χ1n) is 9.58. The molecule has 3 rings (SSSR count). The number of aliphatic hydroxyl groups excluding tert-OH is 1. The molecule has 2 atom stereocenters. The van der Waals surface area contributed by atoms with E-state index in [1.807, 2.05) is 12.1 Å². The van der Waals surface area contributed by atoms with Gasteiger partial charge in [0.05, 0.1) is 6.10 Å². The summed E-state index contributed by atoms with van der Waals surface area (Å²) >= 11 is 7.48. The first-order chi connectivity index (χ1) is 13.8. The van der Waals surface area contributed by atoms with Gasteiger partial charge in [-0.15, -0.1) is 0 Å². The van der Waals surface area contributed by atoms with E-state index in [4.69, 9.17) is 11.6 Å². The fourth-order valence-electron chi connectivity index (χ4n) is 3.35. The molecular formula is C20H25ClN4O3S. The number of aromatic nitrogens is 4. The summed E-state index contributed by atoms with van der Waals surface area (Å²) in [5.41, 5.74) is 0.715. The van der Waals surface area contributed by atoms with Gasteiger partial charge in [0.25, 0.3) is 5.56 Å². The number of rotatable bonds is 8. The van der Waals surface area contributed by atoms with E-state index < -0.39 is 23.4 Å². The van der Waals surface area contributed by atoms with Crippen molar-refractivity contribution >= 4 is 34.5 Å². The zero-order chi connectivity index (χ0) is 21.1. The second kappa shape index (κ2) is 9.19. The van der Waals surface area contributed by atoms with Crippen LogP contribution in [0.4, 0.5) is 0 Å². The normalized spacial score (nSPS) is 13.7. The van der Waals surface area contributed by atoms with Crippen LogP contribution in [0, 0.1) is 0 Å². The first-order valence-corrected chi connectivity index (χ1v) is 10.9. The van der Waals surface area contributed by atoms with Gasteiger partial charge in [0.1, 0.15) is 0 Å². The highest BCUT2D eigenvalue weighted by atomic mass is 35.5. The van der Waals surface area contributed by atoms with Gasteiger partial charge in [-0.25, -0.2) is 9.78 Å². The van der Waals surface area contributed by atoms with Gasteiger partial charge >= 0.3 is 5.69 Å². The lowest BCUT2D eigenvalue weighted by molar-refractivity contribution is 0.159. The Morgan fingerprint density at radius 1 is 1.28 bits per heavy atom. The van der Waals surface area contributed by atoms with Crippen molar-refractivity contribution in [2.45, 2.75) is 50.4 Å².